The zero-order valence-electron chi connectivity index (χ0n) is 8.57. The Morgan fingerprint density at radius 1 is 1.67 bits per heavy atom. The van der Waals surface area contributed by atoms with Crippen LogP contribution in [0.15, 0.2) is 6.20 Å². The molecule has 0 radical (unpaired) electrons. The van der Waals surface area contributed by atoms with Gasteiger partial charge in [-0.05, 0) is 24.4 Å². The lowest BCUT2D eigenvalue weighted by Crippen LogP contribution is -2.14. The van der Waals surface area contributed by atoms with Crippen LogP contribution in [0.5, 0.6) is 0 Å². The largest absolute Gasteiger partial charge is 0.394 e. The molecule has 0 fully saturated rings. The summed E-state index contributed by atoms with van der Waals surface area (Å²) >= 11 is 5.62. The zero-order valence-corrected chi connectivity index (χ0v) is 9.33. The smallest absolute Gasteiger partial charge is 0.224 e. The minimum atomic E-state index is -0.295. The van der Waals surface area contributed by atoms with Crippen LogP contribution in [0.3, 0.4) is 0 Å². The summed E-state index contributed by atoms with van der Waals surface area (Å²) in [6.07, 6.45) is 2.55. The molecule has 0 saturated carbocycles. The van der Waals surface area contributed by atoms with Crippen LogP contribution in [0.2, 0.25) is 5.28 Å². The summed E-state index contributed by atoms with van der Waals surface area (Å²) in [6, 6.07) is 0. The molecule has 1 aromatic heterocycles. The van der Waals surface area contributed by atoms with E-state index in [0.717, 1.165) is 6.42 Å². The number of aromatic nitrogens is 2. The van der Waals surface area contributed by atoms with E-state index in [1.165, 1.54) is 6.20 Å². The summed E-state index contributed by atoms with van der Waals surface area (Å²) < 4.78 is 0. The summed E-state index contributed by atoms with van der Waals surface area (Å²) in [6.45, 7) is 2.53. The number of nitrogens with zero attached hydrogens (tertiary/aromatic N) is 2. The molecule has 4 N–H and O–H groups in total. The maximum absolute atomic E-state index is 9.33. The van der Waals surface area contributed by atoms with Gasteiger partial charge in [-0.25, -0.2) is 4.98 Å². The van der Waals surface area contributed by atoms with E-state index in [-0.39, 0.29) is 11.4 Å². The van der Waals surface area contributed by atoms with Crippen molar-refractivity contribution in [2.45, 2.75) is 25.9 Å². The first kappa shape index (κ1) is 12.0. The first-order valence-corrected chi connectivity index (χ1v) is 5.21. The van der Waals surface area contributed by atoms with Crippen LogP contribution < -0.4 is 11.1 Å². The molecular formula is C9H15ClN4O. The van der Waals surface area contributed by atoms with Crippen molar-refractivity contribution in [2.75, 3.05) is 17.6 Å². The topological polar surface area (TPSA) is 84.1 Å². The molecule has 84 valence electrons. The van der Waals surface area contributed by atoms with Gasteiger partial charge in [-0.1, -0.05) is 6.92 Å². The molecular weight excluding hydrogens is 216 g/mol. The highest BCUT2D eigenvalue weighted by Crippen LogP contribution is 2.15. The number of aliphatic hydroxyl groups is 1. The predicted molar refractivity (Wildman–Crippen MR) is 60.9 cm³/mol. The van der Waals surface area contributed by atoms with Crippen molar-refractivity contribution >= 4 is 23.1 Å². The van der Waals surface area contributed by atoms with Gasteiger partial charge in [0.25, 0.3) is 0 Å². The van der Waals surface area contributed by atoms with Crippen LogP contribution in [0.4, 0.5) is 11.5 Å². The van der Waals surface area contributed by atoms with E-state index >= 15 is 0 Å². The number of rotatable bonds is 5. The first-order chi connectivity index (χ1) is 7.13. The van der Waals surface area contributed by atoms with Crippen LogP contribution in [-0.2, 0) is 0 Å². The van der Waals surface area contributed by atoms with Crippen molar-refractivity contribution in [3.05, 3.63) is 11.5 Å². The molecule has 0 amide bonds. The fourth-order valence-corrected chi connectivity index (χ4v) is 1.21. The average Bonchev–Trinajstić information content (AvgIpc) is 2.23. The molecule has 0 spiro atoms. The maximum Gasteiger partial charge on any atom is 0.224 e. The lowest BCUT2D eigenvalue weighted by Gasteiger charge is -2.10. The molecule has 0 aliphatic heterocycles. The van der Waals surface area contributed by atoms with Crippen molar-refractivity contribution in [2.24, 2.45) is 0 Å². The molecule has 6 heteroatoms. The van der Waals surface area contributed by atoms with Crippen molar-refractivity contribution in [1.29, 1.82) is 0 Å². The second-order valence-electron chi connectivity index (χ2n) is 3.22. The van der Waals surface area contributed by atoms with E-state index < -0.39 is 0 Å². The lowest BCUT2D eigenvalue weighted by molar-refractivity contribution is 0.164. The first-order valence-electron chi connectivity index (χ1n) is 4.83. The van der Waals surface area contributed by atoms with Gasteiger partial charge in [0.2, 0.25) is 5.28 Å². The molecule has 1 atom stereocenters. The van der Waals surface area contributed by atoms with Crippen LogP contribution in [0.25, 0.3) is 0 Å². The van der Waals surface area contributed by atoms with E-state index in [9.17, 15) is 5.11 Å². The monoisotopic (exact) mass is 230 g/mol. The molecule has 1 aromatic rings. The van der Waals surface area contributed by atoms with Gasteiger partial charge in [0.1, 0.15) is 0 Å². The third-order valence-electron chi connectivity index (χ3n) is 2.03. The summed E-state index contributed by atoms with van der Waals surface area (Å²) in [4.78, 5) is 7.67. The number of nitrogen functional groups attached to an aromatic ring is 1. The SMILES string of the molecule is CCC(O)CCNc1nc(Cl)ncc1N. The van der Waals surface area contributed by atoms with Crippen LogP contribution in [-0.4, -0.2) is 27.7 Å². The number of nitrogens with two attached hydrogens (primary N) is 1. The van der Waals surface area contributed by atoms with E-state index in [2.05, 4.69) is 15.3 Å². The molecule has 0 aliphatic carbocycles. The quantitative estimate of drug-likeness (QED) is 0.664. The Morgan fingerprint density at radius 3 is 3.07 bits per heavy atom. The van der Waals surface area contributed by atoms with E-state index in [0.29, 0.717) is 24.5 Å². The molecule has 1 heterocycles. The number of hydrogen-bond acceptors (Lipinski definition) is 5. The second kappa shape index (κ2) is 5.72. The third-order valence-corrected chi connectivity index (χ3v) is 2.21. The number of hydrogen-bond donors (Lipinski definition) is 3. The second-order valence-corrected chi connectivity index (χ2v) is 3.56. The molecule has 1 unspecified atom stereocenters. The number of halogens is 1. The van der Waals surface area contributed by atoms with E-state index in [1.54, 1.807) is 0 Å². The van der Waals surface area contributed by atoms with Gasteiger partial charge < -0.3 is 16.2 Å². The number of nitrogens with one attached hydrogen (secondary N) is 1. The van der Waals surface area contributed by atoms with Crippen molar-refractivity contribution in [1.82, 2.24) is 9.97 Å². The number of anilines is 2. The Labute approximate surface area is 93.7 Å². The van der Waals surface area contributed by atoms with Crippen molar-refractivity contribution in [3.8, 4) is 0 Å². The van der Waals surface area contributed by atoms with Gasteiger partial charge >= 0.3 is 0 Å². The fraction of sp³-hybridized carbons (Fsp3) is 0.556. The third kappa shape index (κ3) is 3.89. The van der Waals surface area contributed by atoms with E-state index in [4.69, 9.17) is 17.3 Å². The minimum absolute atomic E-state index is 0.155. The molecule has 0 aromatic carbocycles. The van der Waals surface area contributed by atoms with Gasteiger partial charge in [0.15, 0.2) is 5.82 Å². The van der Waals surface area contributed by atoms with E-state index in [1.807, 2.05) is 6.92 Å². The molecule has 15 heavy (non-hydrogen) atoms. The summed E-state index contributed by atoms with van der Waals surface area (Å²) in [5, 5.41) is 12.5. The standard InChI is InChI=1S/C9H15ClN4O/c1-2-6(15)3-4-12-8-7(11)5-13-9(10)14-8/h5-6,15H,2-4,11H2,1H3,(H,12,13,14). The molecule has 5 nitrogen and oxygen atoms in total. The highest BCUT2D eigenvalue weighted by Gasteiger charge is 2.04. The molecule has 0 aliphatic rings. The normalized spacial score (nSPS) is 12.5. The molecule has 1 rings (SSSR count). The number of aliphatic hydroxyl groups excluding tert-OH is 1. The predicted octanol–water partition coefficient (Wildman–Crippen LogP) is 1.29. The summed E-state index contributed by atoms with van der Waals surface area (Å²) in [7, 11) is 0. The van der Waals surface area contributed by atoms with Gasteiger partial charge in [-0.2, -0.15) is 4.98 Å². The van der Waals surface area contributed by atoms with Gasteiger partial charge in [0.05, 0.1) is 18.0 Å². The Morgan fingerprint density at radius 2 is 2.40 bits per heavy atom. The van der Waals surface area contributed by atoms with Crippen LogP contribution in [0, 0.1) is 0 Å². The Balaban J connectivity index is 2.46. The summed E-state index contributed by atoms with van der Waals surface area (Å²) in [5.41, 5.74) is 6.08. The lowest BCUT2D eigenvalue weighted by atomic mass is 10.2. The Hall–Kier alpha value is -1.07. The molecule has 0 bridgehead atoms. The van der Waals surface area contributed by atoms with Gasteiger partial charge in [-0.3, -0.25) is 0 Å². The highest BCUT2D eigenvalue weighted by atomic mass is 35.5. The zero-order chi connectivity index (χ0) is 11.3. The minimum Gasteiger partial charge on any atom is -0.394 e. The Kier molecular flexibility index (Phi) is 4.58. The average molecular weight is 231 g/mol. The highest BCUT2D eigenvalue weighted by molar-refractivity contribution is 6.28. The summed E-state index contributed by atoms with van der Waals surface area (Å²) in [5.74, 6) is 0.512. The van der Waals surface area contributed by atoms with Crippen molar-refractivity contribution in [3.63, 3.8) is 0 Å². The van der Waals surface area contributed by atoms with Crippen LogP contribution in [0.1, 0.15) is 19.8 Å². The van der Waals surface area contributed by atoms with Gasteiger partial charge in [0, 0.05) is 6.54 Å². The maximum atomic E-state index is 9.33. The molecule has 0 saturated heterocycles. The van der Waals surface area contributed by atoms with Gasteiger partial charge in [-0.15, -0.1) is 0 Å². The van der Waals surface area contributed by atoms with Crippen molar-refractivity contribution < 1.29 is 5.11 Å². The fourth-order valence-electron chi connectivity index (χ4n) is 1.07. The Bertz CT molecular complexity index is 321. The van der Waals surface area contributed by atoms with Crippen LogP contribution >= 0.6 is 11.6 Å².